The van der Waals surface area contributed by atoms with E-state index in [1.165, 1.54) is 89.0 Å². The van der Waals surface area contributed by atoms with Crippen LogP contribution in [0.5, 0.6) is 0 Å². The number of furan rings is 1. The molecule has 1 aromatic heterocycles. The Bertz CT molecular complexity index is 4130. The number of para-hydroxylation sites is 2. The van der Waals surface area contributed by atoms with E-state index in [4.69, 9.17) is 4.42 Å². The number of hydrogen-bond donors (Lipinski definition) is 0. The van der Waals surface area contributed by atoms with Gasteiger partial charge in [-0.05, 0) is 131 Å². The first kappa shape index (κ1) is 40.9. The summed E-state index contributed by atoms with van der Waals surface area (Å²) in [6.45, 7) is 4.72. The third kappa shape index (κ3) is 5.61. The lowest BCUT2D eigenvalue weighted by Gasteiger charge is -2.32. The first-order valence-corrected chi connectivity index (χ1v) is 25.2. The van der Waals surface area contributed by atoms with Gasteiger partial charge >= 0.3 is 0 Å². The van der Waals surface area contributed by atoms with Gasteiger partial charge in [-0.2, -0.15) is 0 Å². The first-order chi connectivity index (χ1) is 35.5. The van der Waals surface area contributed by atoms with E-state index in [1.807, 2.05) is 6.07 Å². The average Bonchev–Trinajstić information content (AvgIpc) is 4.14. The largest absolute Gasteiger partial charge is 0.455 e. The summed E-state index contributed by atoms with van der Waals surface area (Å²) < 4.78 is 6.58. The summed E-state index contributed by atoms with van der Waals surface area (Å²) in [6.07, 6.45) is 0. The smallest absolute Gasteiger partial charge is 0.143 e. The van der Waals surface area contributed by atoms with E-state index in [9.17, 15) is 0 Å². The highest BCUT2D eigenvalue weighted by atomic mass is 16.3. The van der Waals surface area contributed by atoms with Crippen LogP contribution in [0.4, 0.5) is 17.1 Å². The molecule has 3 aliphatic carbocycles. The Balaban J connectivity index is 0.982. The van der Waals surface area contributed by atoms with Crippen molar-refractivity contribution >= 4 is 39.0 Å². The molecule has 0 bridgehead atoms. The highest BCUT2D eigenvalue weighted by Gasteiger charge is 2.52. The summed E-state index contributed by atoms with van der Waals surface area (Å²) in [6, 6.07) is 92.3. The van der Waals surface area contributed by atoms with Gasteiger partial charge in [0.25, 0.3) is 0 Å². The third-order valence-electron chi connectivity index (χ3n) is 16.3. The lowest BCUT2D eigenvalue weighted by atomic mass is 9.70. The van der Waals surface area contributed by atoms with Crippen LogP contribution in [0.15, 0.2) is 253 Å². The summed E-state index contributed by atoms with van der Waals surface area (Å²) in [5.41, 5.74) is 27.3. The first-order valence-electron chi connectivity index (χ1n) is 25.2. The van der Waals surface area contributed by atoms with Crippen molar-refractivity contribution < 1.29 is 4.42 Å². The number of rotatable bonds is 6. The van der Waals surface area contributed by atoms with Gasteiger partial charge in [0.15, 0.2) is 0 Å². The molecule has 1 heterocycles. The zero-order valence-corrected chi connectivity index (χ0v) is 40.0. The van der Waals surface area contributed by atoms with Crippen molar-refractivity contribution in [1.29, 1.82) is 0 Å². The lowest BCUT2D eigenvalue weighted by molar-refractivity contribution is 0.660. The standard InChI is InChI=1S/C70H47NO/c1-69(2)58-28-11-8-23-56(58)66-50(25-17-32-62(66)69)45-34-38-48(39-35-45)71(49-40-36-46(37-41-49)51-26-16-27-55-54-22-10-15-33-65(54)72-68(51)55)64-43-47(44-18-4-3-5-19-44)42-63-67(64)57-24-9-14-31-61(57)70(63)59-29-12-6-20-52(59)53-21-7-13-30-60(53)70/h3-43H,1-2H3. The van der Waals surface area contributed by atoms with E-state index >= 15 is 0 Å². The van der Waals surface area contributed by atoms with E-state index in [2.05, 4.69) is 261 Å². The Hall–Kier alpha value is -8.98. The lowest BCUT2D eigenvalue weighted by Crippen LogP contribution is -2.26. The van der Waals surface area contributed by atoms with Gasteiger partial charge in [-0.25, -0.2) is 0 Å². The van der Waals surface area contributed by atoms with Crippen molar-refractivity contribution in [2.45, 2.75) is 24.7 Å². The second-order valence-corrected chi connectivity index (χ2v) is 20.3. The van der Waals surface area contributed by atoms with E-state index in [0.717, 1.165) is 50.1 Å². The fraction of sp³-hybridized carbons (Fsp3) is 0.0571. The van der Waals surface area contributed by atoms with Crippen LogP contribution in [0.1, 0.15) is 47.2 Å². The van der Waals surface area contributed by atoms with Gasteiger partial charge in [0, 0.05) is 38.7 Å². The summed E-state index contributed by atoms with van der Waals surface area (Å²) in [5, 5.41) is 2.26. The number of benzene rings is 11. The highest BCUT2D eigenvalue weighted by Crippen LogP contribution is 2.65. The number of fused-ring (bicyclic) bond motifs is 16. The fourth-order valence-corrected chi connectivity index (χ4v) is 13.1. The molecule has 2 nitrogen and oxygen atoms in total. The zero-order chi connectivity index (χ0) is 47.7. The predicted octanol–water partition coefficient (Wildman–Crippen LogP) is 18.7. The molecule has 12 aromatic rings. The molecule has 0 fully saturated rings. The Morgan fingerprint density at radius 3 is 1.49 bits per heavy atom. The number of anilines is 3. The van der Waals surface area contributed by atoms with Crippen molar-refractivity contribution in [3.05, 3.63) is 282 Å². The molecule has 15 rings (SSSR count). The molecule has 2 heteroatoms. The molecule has 0 amide bonds. The topological polar surface area (TPSA) is 16.4 Å². The minimum Gasteiger partial charge on any atom is -0.455 e. The molecule has 0 unspecified atom stereocenters. The Labute approximate surface area is 419 Å². The number of hydrogen-bond acceptors (Lipinski definition) is 2. The van der Waals surface area contributed by atoms with E-state index in [1.54, 1.807) is 0 Å². The summed E-state index contributed by atoms with van der Waals surface area (Å²) in [5.74, 6) is 0. The van der Waals surface area contributed by atoms with Crippen molar-refractivity contribution in [2.75, 3.05) is 4.90 Å². The van der Waals surface area contributed by atoms with Crippen molar-refractivity contribution in [1.82, 2.24) is 0 Å². The predicted molar refractivity (Wildman–Crippen MR) is 299 cm³/mol. The summed E-state index contributed by atoms with van der Waals surface area (Å²) >= 11 is 0. The second kappa shape index (κ2) is 15.3. The molecular formula is C70H47NO. The number of nitrogens with zero attached hydrogens (tertiary/aromatic N) is 1. The molecule has 0 atom stereocenters. The maximum absolute atomic E-state index is 6.58. The van der Waals surface area contributed by atoms with Crippen LogP contribution in [0.3, 0.4) is 0 Å². The van der Waals surface area contributed by atoms with Gasteiger partial charge in [0.05, 0.1) is 11.1 Å². The van der Waals surface area contributed by atoms with Gasteiger partial charge in [-0.3, -0.25) is 0 Å². The van der Waals surface area contributed by atoms with Gasteiger partial charge in [0.2, 0.25) is 0 Å². The maximum atomic E-state index is 6.58. The van der Waals surface area contributed by atoms with Crippen molar-refractivity contribution in [3.63, 3.8) is 0 Å². The fourth-order valence-electron chi connectivity index (χ4n) is 13.1. The molecule has 338 valence electrons. The van der Waals surface area contributed by atoms with Crippen LogP contribution >= 0.6 is 0 Å². The monoisotopic (exact) mass is 917 g/mol. The van der Waals surface area contributed by atoms with Crippen LogP contribution < -0.4 is 4.90 Å². The van der Waals surface area contributed by atoms with E-state index in [-0.39, 0.29) is 5.41 Å². The Morgan fingerprint density at radius 1 is 0.319 bits per heavy atom. The van der Waals surface area contributed by atoms with Crippen LogP contribution in [0, 0.1) is 0 Å². The molecule has 1 spiro atoms. The molecule has 0 aliphatic heterocycles. The van der Waals surface area contributed by atoms with Crippen LogP contribution in [0.2, 0.25) is 0 Å². The second-order valence-electron chi connectivity index (χ2n) is 20.3. The van der Waals surface area contributed by atoms with Crippen molar-refractivity contribution in [3.8, 4) is 66.8 Å². The molecule has 0 saturated carbocycles. The summed E-state index contributed by atoms with van der Waals surface area (Å²) in [4.78, 5) is 2.51. The van der Waals surface area contributed by atoms with Crippen LogP contribution in [0.25, 0.3) is 88.7 Å². The van der Waals surface area contributed by atoms with Crippen molar-refractivity contribution in [2.24, 2.45) is 0 Å². The molecule has 11 aromatic carbocycles. The molecule has 72 heavy (non-hydrogen) atoms. The highest BCUT2D eigenvalue weighted by molar-refractivity contribution is 6.10. The third-order valence-corrected chi connectivity index (χ3v) is 16.3. The maximum Gasteiger partial charge on any atom is 0.143 e. The van der Waals surface area contributed by atoms with Gasteiger partial charge in [-0.15, -0.1) is 0 Å². The zero-order valence-electron chi connectivity index (χ0n) is 40.0. The SMILES string of the molecule is CC1(C)c2ccccc2-c2c(-c3ccc(N(c4ccc(-c5cccc6c5oc5ccccc56)cc4)c4cc(-c5ccccc5)cc5c4-c4ccccc4C54c5ccccc5-c5ccccc54)cc3)cccc21. The van der Waals surface area contributed by atoms with Gasteiger partial charge < -0.3 is 9.32 Å². The summed E-state index contributed by atoms with van der Waals surface area (Å²) in [7, 11) is 0. The Kier molecular flexibility index (Phi) is 8.66. The van der Waals surface area contributed by atoms with E-state index < -0.39 is 5.41 Å². The normalized spacial score (nSPS) is 13.9. The minimum absolute atomic E-state index is 0.0844. The van der Waals surface area contributed by atoms with Crippen LogP contribution in [-0.4, -0.2) is 0 Å². The van der Waals surface area contributed by atoms with E-state index in [0.29, 0.717) is 0 Å². The quantitative estimate of drug-likeness (QED) is 0.165. The molecular weight excluding hydrogens is 871 g/mol. The Morgan fingerprint density at radius 2 is 0.806 bits per heavy atom. The minimum atomic E-state index is -0.527. The molecule has 3 aliphatic rings. The molecule has 0 saturated heterocycles. The average molecular weight is 918 g/mol. The van der Waals surface area contributed by atoms with Gasteiger partial charge in [-0.1, -0.05) is 220 Å². The van der Waals surface area contributed by atoms with Crippen LogP contribution in [-0.2, 0) is 10.8 Å². The van der Waals surface area contributed by atoms with Gasteiger partial charge in [0.1, 0.15) is 11.2 Å². The molecule has 0 radical (unpaired) electrons. The molecule has 0 N–H and O–H groups in total.